The van der Waals surface area contributed by atoms with Crippen LogP contribution < -0.4 is 0 Å². The Morgan fingerprint density at radius 2 is 2.43 bits per heavy atom. The molecule has 4 nitrogen and oxygen atoms in total. The van der Waals surface area contributed by atoms with Crippen molar-refractivity contribution in [2.75, 3.05) is 5.33 Å². The van der Waals surface area contributed by atoms with Gasteiger partial charge in [-0.3, -0.25) is 10.1 Å². The second-order valence-corrected chi connectivity index (χ2v) is 3.36. The van der Waals surface area contributed by atoms with Crippen LogP contribution in [0.2, 0.25) is 0 Å². The Balaban J connectivity index is 3.01. The first-order valence-electron chi connectivity index (χ1n) is 3.98. The van der Waals surface area contributed by atoms with Gasteiger partial charge < -0.3 is 0 Å². The van der Waals surface area contributed by atoms with E-state index in [0.29, 0.717) is 0 Å². The number of hydrogen-bond donors (Lipinski definition) is 0. The topological polar surface area (TPSA) is 56.0 Å². The number of hydrogen-bond acceptors (Lipinski definition) is 3. The summed E-state index contributed by atoms with van der Waals surface area (Å²) in [6.07, 6.45) is 4.98. The van der Waals surface area contributed by atoms with Crippen LogP contribution in [0.4, 0.5) is 5.69 Å². The van der Waals surface area contributed by atoms with Gasteiger partial charge in [0.25, 0.3) is 5.69 Å². The van der Waals surface area contributed by atoms with E-state index in [9.17, 15) is 10.1 Å². The first kappa shape index (κ1) is 10.8. The fourth-order valence-electron chi connectivity index (χ4n) is 1.00. The van der Waals surface area contributed by atoms with Crippen LogP contribution in [-0.4, -0.2) is 15.2 Å². The van der Waals surface area contributed by atoms with Crippen molar-refractivity contribution in [1.82, 2.24) is 4.98 Å². The molecule has 0 aliphatic rings. The van der Waals surface area contributed by atoms with Crippen LogP contribution >= 0.6 is 15.9 Å². The fourth-order valence-corrected chi connectivity index (χ4v) is 1.19. The van der Waals surface area contributed by atoms with Gasteiger partial charge in [0.05, 0.1) is 10.6 Å². The van der Waals surface area contributed by atoms with Crippen molar-refractivity contribution in [2.45, 2.75) is 6.92 Å². The summed E-state index contributed by atoms with van der Waals surface area (Å²) in [6, 6.07) is 1.51. The zero-order valence-electron chi connectivity index (χ0n) is 7.61. The maximum Gasteiger partial charge on any atom is 0.287 e. The van der Waals surface area contributed by atoms with Gasteiger partial charge in [0.2, 0.25) is 0 Å². The molecule has 1 heterocycles. The molecule has 0 aromatic carbocycles. The average molecular weight is 257 g/mol. The fraction of sp³-hybridized carbons (Fsp3) is 0.222. The number of aromatic nitrogens is 1. The van der Waals surface area contributed by atoms with E-state index in [1.807, 2.05) is 12.2 Å². The highest BCUT2D eigenvalue weighted by molar-refractivity contribution is 9.09. The van der Waals surface area contributed by atoms with Crippen LogP contribution in [-0.2, 0) is 0 Å². The predicted molar refractivity (Wildman–Crippen MR) is 58.5 cm³/mol. The molecule has 1 rings (SSSR count). The van der Waals surface area contributed by atoms with Crippen LogP contribution in [0.3, 0.4) is 0 Å². The molecule has 5 heteroatoms. The summed E-state index contributed by atoms with van der Waals surface area (Å²) in [5.74, 6) is 0. The molecule has 0 spiro atoms. The van der Waals surface area contributed by atoms with Crippen LogP contribution in [0.25, 0.3) is 6.08 Å². The normalized spacial score (nSPS) is 10.7. The van der Waals surface area contributed by atoms with E-state index in [1.165, 1.54) is 12.3 Å². The maximum atomic E-state index is 10.4. The molecule has 0 amide bonds. The van der Waals surface area contributed by atoms with Crippen molar-refractivity contribution in [1.29, 1.82) is 0 Å². The standard InChI is InChI=1S/C9H9BrN2O2/c1-7-5-8(12(13)14)6-11-9(7)3-2-4-10/h2-3,5-6H,4H2,1H3. The van der Waals surface area contributed by atoms with Crippen molar-refractivity contribution in [2.24, 2.45) is 0 Å². The third-order valence-corrected chi connectivity index (χ3v) is 2.05. The number of nitro groups is 1. The van der Waals surface area contributed by atoms with Crippen molar-refractivity contribution < 1.29 is 4.92 Å². The minimum atomic E-state index is -0.446. The summed E-state index contributed by atoms with van der Waals surface area (Å²) in [5.41, 5.74) is 1.59. The zero-order valence-corrected chi connectivity index (χ0v) is 9.19. The molecule has 14 heavy (non-hydrogen) atoms. The van der Waals surface area contributed by atoms with Gasteiger partial charge in [-0.1, -0.05) is 22.0 Å². The van der Waals surface area contributed by atoms with E-state index >= 15 is 0 Å². The summed E-state index contributed by atoms with van der Waals surface area (Å²) < 4.78 is 0. The van der Waals surface area contributed by atoms with Gasteiger partial charge in [0.15, 0.2) is 0 Å². The summed E-state index contributed by atoms with van der Waals surface area (Å²) in [7, 11) is 0. The van der Waals surface area contributed by atoms with E-state index in [2.05, 4.69) is 20.9 Å². The largest absolute Gasteiger partial charge is 0.287 e. The lowest BCUT2D eigenvalue weighted by Crippen LogP contribution is -1.93. The highest BCUT2D eigenvalue weighted by Crippen LogP contribution is 2.15. The molecule has 0 radical (unpaired) electrons. The van der Waals surface area contributed by atoms with Gasteiger partial charge in [-0.15, -0.1) is 0 Å². The SMILES string of the molecule is Cc1cc([N+](=O)[O-])cnc1C=CCBr. The Kier molecular flexibility index (Phi) is 3.76. The molecule has 1 aromatic heterocycles. The van der Waals surface area contributed by atoms with Gasteiger partial charge in [-0.05, 0) is 18.6 Å². The van der Waals surface area contributed by atoms with Gasteiger partial charge >= 0.3 is 0 Å². The Hall–Kier alpha value is -1.23. The molecule has 0 saturated carbocycles. The number of pyridine rings is 1. The molecule has 0 aliphatic heterocycles. The first-order chi connectivity index (χ1) is 6.65. The lowest BCUT2D eigenvalue weighted by molar-refractivity contribution is -0.385. The van der Waals surface area contributed by atoms with Crippen molar-refractivity contribution in [3.05, 3.63) is 39.7 Å². The number of alkyl halides is 1. The number of halogens is 1. The number of aryl methyl sites for hydroxylation is 1. The van der Waals surface area contributed by atoms with Gasteiger partial charge in [-0.2, -0.15) is 0 Å². The smallest absolute Gasteiger partial charge is 0.258 e. The first-order valence-corrected chi connectivity index (χ1v) is 5.11. The summed E-state index contributed by atoms with van der Waals surface area (Å²) in [4.78, 5) is 14.0. The second-order valence-electron chi connectivity index (χ2n) is 2.71. The van der Waals surface area contributed by atoms with Crippen LogP contribution in [0, 0.1) is 17.0 Å². The molecule has 0 saturated heterocycles. The van der Waals surface area contributed by atoms with Crippen molar-refractivity contribution in [3.8, 4) is 0 Å². The molecular formula is C9H9BrN2O2. The van der Waals surface area contributed by atoms with Crippen LogP contribution in [0.5, 0.6) is 0 Å². The van der Waals surface area contributed by atoms with Crippen molar-refractivity contribution >= 4 is 27.7 Å². The van der Waals surface area contributed by atoms with Gasteiger partial charge in [0.1, 0.15) is 6.20 Å². The lowest BCUT2D eigenvalue weighted by atomic mass is 10.2. The minimum Gasteiger partial charge on any atom is -0.258 e. The Morgan fingerprint density at radius 1 is 1.71 bits per heavy atom. The van der Waals surface area contributed by atoms with Crippen LogP contribution in [0.1, 0.15) is 11.3 Å². The molecule has 0 N–H and O–H groups in total. The second kappa shape index (κ2) is 4.85. The number of nitrogens with zero attached hydrogens (tertiary/aromatic N) is 2. The maximum absolute atomic E-state index is 10.4. The number of rotatable bonds is 3. The third-order valence-electron chi connectivity index (χ3n) is 1.68. The predicted octanol–water partition coefficient (Wildman–Crippen LogP) is 2.71. The monoisotopic (exact) mass is 256 g/mol. The molecule has 0 unspecified atom stereocenters. The lowest BCUT2D eigenvalue weighted by Gasteiger charge is -1.98. The minimum absolute atomic E-state index is 0.0264. The van der Waals surface area contributed by atoms with E-state index in [0.717, 1.165) is 16.6 Å². The molecule has 0 aliphatic carbocycles. The quantitative estimate of drug-likeness (QED) is 0.475. The molecule has 0 fully saturated rings. The molecule has 0 bridgehead atoms. The molecule has 1 aromatic rings. The Labute approximate surface area is 89.9 Å². The molecular weight excluding hydrogens is 248 g/mol. The summed E-state index contributed by atoms with van der Waals surface area (Å²) in [5, 5.41) is 11.2. The Bertz CT molecular complexity index is 377. The third kappa shape index (κ3) is 2.63. The highest BCUT2D eigenvalue weighted by Gasteiger charge is 2.07. The van der Waals surface area contributed by atoms with E-state index < -0.39 is 4.92 Å². The van der Waals surface area contributed by atoms with Gasteiger partial charge in [-0.25, -0.2) is 4.98 Å². The average Bonchev–Trinajstić information content (AvgIpc) is 2.15. The summed E-state index contributed by atoms with van der Waals surface area (Å²) in [6.45, 7) is 1.80. The van der Waals surface area contributed by atoms with E-state index in [1.54, 1.807) is 6.92 Å². The number of allylic oxidation sites excluding steroid dienone is 1. The molecule has 0 atom stereocenters. The van der Waals surface area contributed by atoms with Gasteiger partial charge in [0, 0.05) is 11.4 Å². The van der Waals surface area contributed by atoms with E-state index in [-0.39, 0.29) is 5.69 Å². The van der Waals surface area contributed by atoms with Crippen molar-refractivity contribution in [3.63, 3.8) is 0 Å². The molecule has 74 valence electrons. The van der Waals surface area contributed by atoms with E-state index in [4.69, 9.17) is 0 Å². The van der Waals surface area contributed by atoms with Crippen LogP contribution in [0.15, 0.2) is 18.3 Å². The highest BCUT2D eigenvalue weighted by atomic mass is 79.9. The summed E-state index contributed by atoms with van der Waals surface area (Å²) >= 11 is 3.25. The zero-order chi connectivity index (χ0) is 10.6. The Morgan fingerprint density at radius 3 is 2.93 bits per heavy atom.